The Morgan fingerprint density at radius 3 is 2.60 bits per heavy atom. The van der Waals surface area contributed by atoms with Crippen LogP contribution in [0.25, 0.3) is 10.1 Å². The van der Waals surface area contributed by atoms with E-state index in [1.54, 1.807) is 23.5 Å². The van der Waals surface area contributed by atoms with Crippen LogP contribution in [-0.4, -0.2) is 5.11 Å². The van der Waals surface area contributed by atoms with Gasteiger partial charge in [-0.2, -0.15) is 5.11 Å². The summed E-state index contributed by atoms with van der Waals surface area (Å²) < 4.78 is 2.91. The van der Waals surface area contributed by atoms with Gasteiger partial charge in [0.1, 0.15) is 18.5 Å². The Labute approximate surface area is 120 Å². The highest BCUT2D eigenvalue weighted by atomic mass is 32.1. The second-order valence-electron chi connectivity index (χ2n) is 4.63. The minimum Gasteiger partial charge on any atom is -0.507 e. The lowest BCUT2D eigenvalue weighted by Crippen LogP contribution is -2.25. The van der Waals surface area contributed by atoms with Crippen LogP contribution in [0.3, 0.4) is 0 Å². The van der Waals surface area contributed by atoms with Crippen molar-refractivity contribution in [2.75, 3.05) is 0 Å². The first-order valence-corrected chi connectivity index (χ1v) is 7.04. The summed E-state index contributed by atoms with van der Waals surface area (Å²) in [6.45, 7) is 2.02. The summed E-state index contributed by atoms with van der Waals surface area (Å²) in [6.07, 6.45) is 3.85. The molecule has 20 heavy (non-hydrogen) atoms. The van der Waals surface area contributed by atoms with Gasteiger partial charge in [-0.15, -0.1) is 16.5 Å². The molecular weight excluding hydrogens is 270 g/mol. The van der Waals surface area contributed by atoms with E-state index < -0.39 is 0 Å². The standard InChI is InChI=1S/C15H13N3OS/c1-10-9-12-14(19)4-3-13(15(12)20-10)17-16-11-5-7-18(2)8-6-11/h3-9H,1-2H3/p+1. The molecular formula is C15H14N3OS+. The number of phenolic OH excluding ortho intramolecular Hbond substituents is 1. The number of azo groups is 1. The fourth-order valence-electron chi connectivity index (χ4n) is 1.97. The molecule has 0 aliphatic carbocycles. The zero-order chi connectivity index (χ0) is 14.1. The molecule has 1 N–H and O–H groups in total. The van der Waals surface area contributed by atoms with Gasteiger partial charge in [0.2, 0.25) is 0 Å². The van der Waals surface area contributed by atoms with Gasteiger partial charge in [0, 0.05) is 22.4 Å². The maximum Gasteiger partial charge on any atom is 0.170 e. The van der Waals surface area contributed by atoms with Crippen molar-refractivity contribution in [2.45, 2.75) is 6.92 Å². The highest BCUT2D eigenvalue weighted by Crippen LogP contribution is 2.39. The number of phenols is 1. The maximum absolute atomic E-state index is 9.86. The Bertz CT molecular complexity index is 791. The van der Waals surface area contributed by atoms with Crippen LogP contribution < -0.4 is 4.57 Å². The normalized spacial score (nSPS) is 11.5. The molecule has 2 aromatic heterocycles. The predicted molar refractivity (Wildman–Crippen MR) is 80.0 cm³/mol. The van der Waals surface area contributed by atoms with Crippen molar-refractivity contribution >= 4 is 32.8 Å². The molecule has 0 saturated carbocycles. The van der Waals surface area contributed by atoms with E-state index in [1.165, 1.54) is 0 Å². The third-order valence-corrected chi connectivity index (χ3v) is 4.07. The highest BCUT2D eigenvalue weighted by molar-refractivity contribution is 7.19. The van der Waals surface area contributed by atoms with Gasteiger partial charge < -0.3 is 5.11 Å². The Balaban J connectivity index is 2.02. The molecule has 5 heteroatoms. The molecule has 100 valence electrons. The van der Waals surface area contributed by atoms with E-state index in [0.717, 1.165) is 26.3 Å². The molecule has 0 bridgehead atoms. The largest absolute Gasteiger partial charge is 0.507 e. The van der Waals surface area contributed by atoms with Crippen molar-refractivity contribution in [3.05, 3.63) is 47.6 Å². The molecule has 0 unspecified atom stereocenters. The van der Waals surface area contributed by atoms with Crippen molar-refractivity contribution < 1.29 is 9.67 Å². The van der Waals surface area contributed by atoms with Gasteiger partial charge in [0.05, 0.1) is 10.4 Å². The number of pyridine rings is 1. The van der Waals surface area contributed by atoms with Gasteiger partial charge in [-0.3, -0.25) is 0 Å². The average molecular weight is 284 g/mol. The van der Waals surface area contributed by atoms with Crippen LogP contribution in [0.2, 0.25) is 0 Å². The molecule has 0 saturated heterocycles. The number of fused-ring (bicyclic) bond motifs is 1. The van der Waals surface area contributed by atoms with E-state index in [1.807, 2.05) is 49.1 Å². The van der Waals surface area contributed by atoms with Crippen LogP contribution in [0.15, 0.2) is 53.0 Å². The lowest BCUT2D eigenvalue weighted by Gasteiger charge is -1.98. The third-order valence-electron chi connectivity index (χ3n) is 3.00. The summed E-state index contributed by atoms with van der Waals surface area (Å²) in [4.78, 5) is 1.14. The first-order valence-electron chi connectivity index (χ1n) is 6.22. The Morgan fingerprint density at radius 2 is 1.85 bits per heavy atom. The van der Waals surface area contributed by atoms with Crippen LogP contribution in [0, 0.1) is 6.92 Å². The fourth-order valence-corrected chi connectivity index (χ4v) is 2.95. The Hall–Kier alpha value is -2.27. The van der Waals surface area contributed by atoms with Crippen molar-refractivity contribution in [2.24, 2.45) is 17.3 Å². The Kier molecular flexibility index (Phi) is 3.20. The van der Waals surface area contributed by atoms with Crippen LogP contribution in [0.1, 0.15) is 4.88 Å². The van der Waals surface area contributed by atoms with Crippen LogP contribution in [-0.2, 0) is 7.05 Å². The first-order chi connectivity index (χ1) is 9.63. The van der Waals surface area contributed by atoms with E-state index in [4.69, 9.17) is 0 Å². The molecule has 0 aliphatic rings. The van der Waals surface area contributed by atoms with Crippen LogP contribution in [0.4, 0.5) is 11.4 Å². The number of rotatable bonds is 2. The number of nitrogens with zero attached hydrogens (tertiary/aromatic N) is 3. The van der Waals surface area contributed by atoms with E-state index in [9.17, 15) is 5.11 Å². The molecule has 4 nitrogen and oxygen atoms in total. The van der Waals surface area contributed by atoms with Gasteiger partial charge in [0.15, 0.2) is 12.4 Å². The number of hydrogen-bond donors (Lipinski definition) is 1. The summed E-state index contributed by atoms with van der Waals surface area (Å²) >= 11 is 1.61. The van der Waals surface area contributed by atoms with Crippen LogP contribution >= 0.6 is 11.3 Å². The van der Waals surface area contributed by atoms with Crippen molar-refractivity contribution in [1.82, 2.24) is 0 Å². The second-order valence-corrected chi connectivity index (χ2v) is 5.88. The summed E-state index contributed by atoms with van der Waals surface area (Å²) in [5.41, 5.74) is 1.58. The second kappa shape index (κ2) is 5.02. The number of benzene rings is 1. The zero-order valence-electron chi connectivity index (χ0n) is 11.2. The van der Waals surface area contributed by atoms with E-state index in [0.29, 0.717) is 0 Å². The summed E-state index contributed by atoms with van der Waals surface area (Å²) in [7, 11) is 1.96. The number of aryl methyl sites for hydroxylation is 2. The third kappa shape index (κ3) is 2.40. The lowest BCUT2D eigenvalue weighted by molar-refractivity contribution is -0.671. The van der Waals surface area contributed by atoms with Gasteiger partial charge in [-0.1, -0.05) is 0 Å². The molecule has 0 aliphatic heterocycles. The quantitative estimate of drug-likeness (QED) is 0.557. The molecule has 0 radical (unpaired) electrons. The van der Waals surface area contributed by atoms with E-state index in [-0.39, 0.29) is 5.75 Å². The molecule has 2 heterocycles. The smallest absolute Gasteiger partial charge is 0.170 e. The summed E-state index contributed by atoms with van der Waals surface area (Å²) in [6, 6.07) is 9.23. The summed E-state index contributed by atoms with van der Waals surface area (Å²) in [5, 5.41) is 19.2. The van der Waals surface area contributed by atoms with E-state index in [2.05, 4.69) is 10.2 Å². The number of thiophene rings is 1. The van der Waals surface area contributed by atoms with Gasteiger partial charge in [-0.05, 0) is 25.1 Å². The van der Waals surface area contributed by atoms with Gasteiger partial charge >= 0.3 is 0 Å². The van der Waals surface area contributed by atoms with Crippen LogP contribution in [0.5, 0.6) is 5.75 Å². The van der Waals surface area contributed by atoms with Gasteiger partial charge in [0.25, 0.3) is 0 Å². The zero-order valence-corrected chi connectivity index (χ0v) is 12.1. The van der Waals surface area contributed by atoms with Gasteiger partial charge in [-0.25, -0.2) is 4.57 Å². The summed E-state index contributed by atoms with van der Waals surface area (Å²) in [5.74, 6) is 0.287. The van der Waals surface area contributed by atoms with Crippen molar-refractivity contribution in [3.63, 3.8) is 0 Å². The number of aromatic hydroxyl groups is 1. The van der Waals surface area contributed by atoms with E-state index >= 15 is 0 Å². The molecule has 0 fully saturated rings. The molecule has 3 aromatic rings. The number of hydrogen-bond acceptors (Lipinski definition) is 4. The molecule has 0 spiro atoms. The number of aromatic nitrogens is 1. The molecule has 1 aromatic carbocycles. The molecule has 0 atom stereocenters. The SMILES string of the molecule is Cc1cc2c(O)ccc(N=Nc3cc[n+](C)cc3)c2s1. The monoisotopic (exact) mass is 284 g/mol. The highest BCUT2D eigenvalue weighted by Gasteiger charge is 2.08. The van der Waals surface area contributed by atoms with Crippen molar-refractivity contribution in [1.29, 1.82) is 0 Å². The fraction of sp³-hybridized carbons (Fsp3) is 0.133. The Morgan fingerprint density at radius 1 is 1.10 bits per heavy atom. The maximum atomic E-state index is 9.86. The molecule has 3 rings (SSSR count). The minimum absolute atomic E-state index is 0.287. The van der Waals surface area contributed by atoms with Crippen molar-refractivity contribution in [3.8, 4) is 5.75 Å². The minimum atomic E-state index is 0.287. The average Bonchev–Trinajstić information content (AvgIpc) is 2.83. The topological polar surface area (TPSA) is 48.8 Å². The first kappa shape index (κ1) is 12.7. The lowest BCUT2D eigenvalue weighted by atomic mass is 10.2. The predicted octanol–water partition coefficient (Wildman–Crippen LogP) is 4.16. The molecule has 0 amide bonds.